The number of aromatic nitrogens is 3. The topological polar surface area (TPSA) is 109 Å². The first-order valence-corrected chi connectivity index (χ1v) is 9.16. The van der Waals surface area contributed by atoms with E-state index < -0.39 is 17.1 Å². The molecule has 3 aromatic rings. The molecular weight excluding hydrogens is 357 g/mol. The van der Waals surface area contributed by atoms with Crippen LogP contribution in [0.15, 0.2) is 21.0 Å². The number of aryl methyl sites for hydroxylation is 1. The van der Waals surface area contributed by atoms with Gasteiger partial charge in [0, 0.05) is 17.0 Å². The first-order valence-electron chi connectivity index (χ1n) is 8.28. The van der Waals surface area contributed by atoms with E-state index in [2.05, 4.69) is 4.98 Å². The zero-order valence-corrected chi connectivity index (χ0v) is 15.1. The predicted octanol–water partition coefficient (Wildman–Crippen LogP) is 1.80. The number of nitrogen functional groups attached to an aromatic ring is 1. The summed E-state index contributed by atoms with van der Waals surface area (Å²) < 4.78 is 17.0. The number of rotatable bonds is 3. The summed E-state index contributed by atoms with van der Waals surface area (Å²) in [5, 5.41) is 2.52. The lowest BCUT2D eigenvalue weighted by Gasteiger charge is -2.16. The summed E-state index contributed by atoms with van der Waals surface area (Å²) in [5.41, 5.74) is 6.23. The number of nitrogens with two attached hydrogens (primary N) is 2. The molecule has 2 heterocycles. The van der Waals surface area contributed by atoms with Crippen molar-refractivity contribution in [2.24, 2.45) is 5.73 Å². The van der Waals surface area contributed by atoms with Gasteiger partial charge in [0.25, 0.3) is 5.56 Å². The molecule has 1 atom stereocenters. The molecule has 0 aliphatic heterocycles. The summed E-state index contributed by atoms with van der Waals surface area (Å²) in [6.07, 6.45) is 1.65. The molecule has 9 heteroatoms. The zero-order valence-electron chi connectivity index (χ0n) is 14.3. The third kappa shape index (κ3) is 2.38. The second-order valence-corrected chi connectivity index (χ2v) is 7.56. The van der Waals surface area contributed by atoms with Crippen LogP contribution in [0.5, 0.6) is 0 Å². The standard InChI is InChI=1S/C17H18FN5O2S/c1-7-13(12-6-26-15(21-12)8(2)19)11(18)5-10-14(7)22(9-3-4-9)17(25)23(20)16(10)24/h5-6,8-9H,3-4,19-20H2,1-2H3. The van der Waals surface area contributed by atoms with Crippen molar-refractivity contribution >= 4 is 22.2 Å². The van der Waals surface area contributed by atoms with Gasteiger partial charge in [0.1, 0.15) is 10.8 Å². The lowest BCUT2D eigenvalue weighted by molar-refractivity contribution is 0.626. The summed E-state index contributed by atoms with van der Waals surface area (Å²) >= 11 is 1.35. The fourth-order valence-corrected chi connectivity index (χ4v) is 4.03. The molecule has 0 saturated heterocycles. The fraction of sp³-hybridized carbons (Fsp3) is 0.353. The van der Waals surface area contributed by atoms with Gasteiger partial charge >= 0.3 is 5.69 Å². The van der Waals surface area contributed by atoms with Gasteiger partial charge in [-0.25, -0.2) is 14.2 Å². The molecule has 26 heavy (non-hydrogen) atoms. The Labute approximate surface area is 151 Å². The van der Waals surface area contributed by atoms with Gasteiger partial charge in [-0.05, 0) is 38.3 Å². The van der Waals surface area contributed by atoms with E-state index in [-0.39, 0.29) is 23.0 Å². The zero-order chi connectivity index (χ0) is 18.7. The van der Waals surface area contributed by atoms with Crippen LogP contribution in [-0.2, 0) is 0 Å². The van der Waals surface area contributed by atoms with E-state index >= 15 is 0 Å². The number of halogens is 1. The molecule has 4 N–H and O–H groups in total. The SMILES string of the molecule is Cc1c(-c2csc(C(C)N)n2)c(F)cc2c(=O)n(N)c(=O)n(C3CC3)c12. The van der Waals surface area contributed by atoms with E-state index in [4.69, 9.17) is 11.6 Å². The highest BCUT2D eigenvalue weighted by Gasteiger charge is 2.30. The van der Waals surface area contributed by atoms with Crippen molar-refractivity contribution < 1.29 is 4.39 Å². The third-order valence-electron chi connectivity index (χ3n) is 4.68. The minimum absolute atomic E-state index is 0.0209. The van der Waals surface area contributed by atoms with E-state index in [1.165, 1.54) is 15.9 Å². The van der Waals surface area contributed by atoms with Crippen molar-refractivity contribution in [3.05, 3.63) is 48.7 Å². The summed E-state index contributed by atoms with van der Waals surface area (Å²) in [5.74, 6) is 5.05. The molecule has 2 aromatic heterocycles. The monoisotopic (exact) mass is 375 g/mol. The van der Waals surface area contributed by atoms with Crippen molar-refractivity contribution in [2.75, 3.05) is 5.84 Å². The normalized spacial score (nSPS) is 15.5. The highest BCUT2D eigenvalue weighted by atomic mass is 32.1. The first-order chi connectivity index (χ1) is 12.3. The van der Waals surface area contributed by atoms with Crippen LogP contribution in [0.25, 0.3) is 22.2 Å². The highest BCUT2D eigenvalue weighted by molar-refractivity contribution is 7.10. The molecule has 1 aliphatic carbocycles. The van der Waals surface area contributed by atoms with Gasteiger partial charge in [-0.1, -0.05) is 0 Å². The molecule has 1 unspecified atom stereocenters. The number of fused-ring (bicyclic) bond motifs is 1. The molecule has 7 nitrogen and oxygen atoms in total. The first kappa shape index (κ1) is 16.9. The Morgan fingerprint density at radius 3 is 2.65 bits per heavy atom. The summed E-state index contributed by atoms with van der Waals surface area (Å²) in [4.78, 5) is 29.4. The lowest BCUT2D eigenvalue weighted by Crippen LogP contribution is -2.44. The van der Waals surface area contributed by atoms with Crippen LogP contribution in [0.1, 0.15) is 42.4 Å². The maximum atomic E-state index is 14.9. The molecule has 1 fully saturated rings. The predicted molar refractivity (Wildman–Crippen MR) is 99.3 cm³/mol. The second kappa shape index (κ2) is 5.75. The van der Waals surface area contributed by atoms with Crippen LogP contribution in [0.2, 0.25) is 0 Å². The van der Waals surface area contributed by atoms with Gasteiger partial charge in [-0.3, -0.25) is 9.36 Å². The van der Waals surface area contributed by atoms with E-state index in [1.807, 2.05) is 0 Å². The minimum Gasteiger partial charge on any atom is -0.332 e. The van der Waals surface area contributed by atoms with Crippen LogP contribution in [0, 0.1) is 12.7 Å². The lowest BCUT2D eigenvalue weighted by atomic mass is 10.0. The Balaban J connectivity index is 2.10. The highest BCUT2D eigenvalue weighted by Crippen LogP contribution is 2.38. The number of hydrogen-bond acceptors (Lipinski definition) is 6. The molecule has 0 amide bonds. The van der Waals surface area contributed by atoms with Gasteiger partial charge in [0.05, 0.1) is 22.6 Å². The molecule has 1 aliphatic rings. The molecule has 1 aromatic carbocycles. The summed E-state index contributed by atoms with van der Waals surface area (Å²) in [6, 6.07) is 0.867. The maximum absolute atomic E-state index is 14.9. The third-order valence-corrected chi connectivity index (χ3v) is 5.72. The number of benzene rings is 1. The smallest absolute Gasteiger partial charge is 0.332 e. The molecule has 136 valence electrons. The van der Waals surface area contributed by atoms with Gasteiger partial charge in [0.15, 0.2) is 0 Å². The van der Waals surface area contributed by atoms with Crippen LogP contribution in [0.3, 0.4) is 0 Å². The van der Waals surface area contributed by atoms with Crippen LogP contribution in [0.4, 0.5) is 4.39 Å². The number of hydrogen-bond donors (Lipinski definition) is 2. The maximum Gasteiger partial charge on any atom is 0.350 e. The Morgan fingerprint density at radius 2 is 2.08 bits per heavy atom. The quantitative estimate of drug-likeness (QED) is 0.679. The molecule has 1 saturated carbocycles. The molecule has 0 radical (unpaired) electrons. The van der Waals surface area contributed by atoms with Crippen molar-refractivity contribution in [1.29, 1.82) is 0 Å². The molecule has 0 bridgehead atoms. The average molecular weight is 375 g/mol. The van der Waals surface area contributed by atoms with Gasteiger partial charge in [-0.15, -0.1) is 11.3 Å². The summed E-state index contributed by atoms with van der Waals surface area (Å²) in [6.45, 7) is 3.50. The van der Waals surface area contributed by atoms with E-state index in [9.17, 15) is 14.0 Å². The van der Waals surface area contributed by atoms with Crippen molar-refractivity contribution in [1.82, 2.24) is 14.2 Å². The van der Waals surface area contributed by atoms with Gasteiger partial charge in [0.2, 0.25) is 0 Å². The van der Waals surface area contributed by atoms with Crippen molar-refractivity contribution in [2.45, 2.75) is 38.8 Å². The Hall–Kier alpha value is -2.52. The van der Waals surface area contributed by atoms with Gasteiger partial charge in [-0.2, -0.15) is 4.68 Å². The largest absolute Gasteiger partial charge is 0.350 e. The van der Waals surface area contributed by atoms with Gasteiger partial charge < -0.3 is 11.6 Å². The average Bonchev–Trinajstić information content (AvgIpc) is 3.30. The minimum atomic E-state index is -0.704. The van der Waals surface area contributed by atoms with Crippen LogP contribution in [-0.4, -0.2) is 14.2 Å². The van der Waals surface area contributed by atoms with Crippen molar-refractivity contribution in [3.8, 4) is 11.3 Å². The number of nitrogens with zero attached hydrogens (tertiary/aromatic N) is 3. The number of thiazole rings is 1. The van der Waals surface area contributed by atoms with E-state index in [0.29, 0.717) is 26.5 Å². The fourth-order valence-electron chi connectivity index (χ4n) is 3.27. The molecular formula is C17H18FN5O2S. The molecule has 4 rings (SSSR count). The van der Waals surface area contributed by atoms with Crippen LogP contribution >= 0.6 is 11.3 Å². The Bertz CT molecular complexity index is 1160. The van der Waals surface area contributed by atoms with Crippen LogP contribution < -0.4 is 22.8 Å². The Morgan fingerprint density at radius 1 is 1.38 bits per heavy atom. The summed E-state index contributed by atoms with van der Waals surface area (Å²) in [7, 11) is 0. The molecule has 0 spiro atoms. The Kier molecular flexibility index (Phi) is 3.74. The van der Waals surface area contributed by atoms with E-state index in [0.717, 1.165) is 18.9 Å². The van der Waals surface area contributed by atoms with Crippen molar-refractivity contribution in [3.63, 3.8) is 0 Å². The second-order valence-electron chi connectivity index (χ2n) is 6.67. The van der Waals surface area contributed by atoms with E-state index in [1.54, 1.807) is 19.2 Å².